The van der Waals surface area contributed by atoms with Crippen molar-refractivity contribution in [2.45, 2.75) is 0 Å². The zero-order valence-corrected chi connectivity index (χ0v) is 9.78. The molecule has 5 heteroatoms. The zero-order chi connectivity index (χ0) is 7.66. The van der Waals surface area contributed by atoms with Crippen LogP contribution in [0.2, 0.25) is 0 Å². The molecule has 0 amide bonds. The topological polar surface area (TPSA) is 0 Å². The van der Waals surface area contributed by atoms with Crippen LogP contribution in [0.25, 0.3) is 0 Å². The first kappa shape index (κ1) is 14.6. The largest absolute Gasteiger partial charge is 2.00 e. The number of thiol groups is 1. The summed E-state index contributed by atoms with van der Waals surface area (Å²) in [6, 6.07) is 12.5. The van der Waals surface area contributed by atoms with Crippen LogP contribution < -0.4 is 0 Å². The SMILES string of the molecule is [Co+2].[S-]SSS.[c-]1ccccc1. The molecule has 0 N–H and O–H groups in total. The van der Waals surface area contributed by atoms with E-state index in [0.29, 0.717) is 0 Å². The zero-order valence-electron chi connectivity index (χ0n) is 5.39. The average molecular weight is 265 g/mol. The van der Waals surface area contributed by atoms with E-state index >= 15 is 0 Å². The Morgan fingerprint density at radius 1 is 1.18 bits per heavy atom. The van der Waals surface area contributed by atoms with Gasteiger partial charge in [0.15, 0.2) is 0 Å². The molecule has 0 aliphatic rings. The molecule has 0 bridgehead atoms. The van der Waals surface area contributed by atoms with Crippen LogP contribution >= 0.6 is 31.3 Å². The Labute approximate surface area is 95.5 Å². The molecule has 0 aliphatic carbocycles. The van der Waals surface area contributed by atoms with Crippen molar-refractivity contribution in [2.75, 3.05) is 0 Å². The molecule has 0 saturated carbocycles. The van der Waals surface area contributed by atoms with Crippen LogP contribution in [0.3, 0.4) is 0 Å². The standard InChI is InChI=1S/C6H5.Co.H2S4/c1-2-4-6-5-3-1;;1-3-4-2/h1-5H;;1-2H/q-1;+2;/p-1. The number of hydrogen-bond acceptors (Lipinski definition) is 4. The van der Waals surface area contributed by atoms with Gasteiger partial charge in [0.05, 0.1) is 0 Å². The van der Waals surface area contributed by atoms with E-state index in [1.54, 1.807) is 0 Å². The second kappa shape index (κ2) is 13.7. The summed E-state index contributed by atoms with van der Waals surface area (Å²) in [5, 5.41) is 0. The summed E-state index contributed by atoms with van der Waals surface area (Å²) in [6.07, 6.45) is 0. The van der Waals surface area contributed by atoms with Crippen molar-refractivity contribution in [1.82, 2.24) is 0 Å². The van der Waals surface area contributed by atoms with Crippen molar-refractivity contribution in [2.24, 2.45) is 0 Å². The van der Waals surface area contributed by atoms with Crippen molar-refractivity contribution < 1.29 is 16.8 Å². The fraction of sp³-hybridized carbons (Fsp3) is 0. The van der Waals surface area contributed by atoms with Crippen molar-refractivity contribution in [1.29, 1.82) is 0 Å². The molecule has 0 aromatic heterocycles. The summed E-state index contributed by atoms with van der Waals surface area (Å²) < 4.78 is 0. The summed E-state index contributed by atoms with van der Waals surface area (Å²) in [6.45, 7) is 0. The number of rotatable bonds is 1. The molecule has 1 rings (SSSR count). The van der Waals surface area contributed by atoms with Gasteiger partial charge in [-0.25, -0.2) is 0 Å². The van der Waals surface area contributed by atoms with Crippen LogP contribution in [-0.4, -0.2) is 0 Å². The summed E-state index contributed by atoms with van der Waals surface area (Å²) in [7, 11) is 2.50. The molecule has 0 spiro atoms. The molecule has 1 aromatic carbocycles. The minimum Gasteiger partial charge on any atom is -0.706 e. The van der Waals surface area contributed by atoms with E-state index in [9.17, 15) is 0 Å². The third-order valence-corrected chi connectivity index (χ3v) is 3.07. The fourth-order valence-corrected chi connectivity index (χ4v) is 0.342. The molecule has 1 radical (unpaired) electrons. The van der Waals surface area contributed by atoms with E-state index in [-0.39, 0.29) is 16.8 Å². The Bertz CT molecular complexity index is 107. The first-order chi connectivity index (χ1) is 4.91. The van der Waals surface area contributed by atoms with E-state index in [1.165, 1.54) is 19.7 Å². The third kappa shape index (κ3) is 14.0. The molecule has 0 atom stereocenters. The average Bonchev–Trinajstić information content (AvgIpc) is 2.08. The smallest absolute Gasteiger partial charge is 0.706 e. The summed E-state index contributed by atoms with van der Waals surface area (Å²) >= 11 is 8.05. The van der Waals surface area contributed by atoms with Crippen LogP contribution in [0.5, 0.6) is 0 Å². The van der Waals surface area contributed by atoms with Crippen molar-refractivity contribution in [3.63, 3.8) is 0 Å². The summed E-state index contributed by atoms with van der Waals surface area (Å²) in [5.74, 6) is 0. The van der Waals surface area contributed by atoms with Gasteiger partial charge in [0.2, 0.25) is 0 Å². The van der Waals surface area contributed by atoms with Crippen LogP contribution in [0.1, 0.15) is 0 Å². The van der Waals surface area contributed by atoms with Gasteiger partial charge in [0.1, 0.15) is 0 Å². The molecule has 0 heterocycles. The second-order valence-electron chi connectivity index (χ2n) is 1.22. The van der Waals surface area contributed by atoms with E-state index in [4.69, 9.17) is 0 Å². The maximum absolute atomic E-state index is 4.36. The maximum atomic E-state index is 4.36. The van der Waals surface area contributed by atoms with E-state index in [1.807, 2.05) is 30.3 Å². The van der Waals surface area contributed by atoms with Crippen LogP contribution in [-0.2, 0) is 28.4 Å². The van der Waals surface area contributed by atoms with Gasteiger partial charge in [0.25, 0.3) is 0 Å². The Kier molecular flexibility index (Phi) is 18.2. The molecule has 63 valence electrons. The minimum absolute atomic E-state index is 0. The van der Waals surface area contributed by atoms with Crippen LogP contribution in [0, 0.1) is 6.07 Å². The minimum atomic E-state index is 0. The Balaban J connectivity index is 0. The van der Waals surface area contributed by atoms with Gasteiger partial charge < -0.3 is 11.7 Å². The van der Waals surface area contributed by atoms with Crippen molar-refractivity contribution in [3.8, 4) is 0 Å². The van der Waals surface area contributed by atoms with Gasteiger partial charge in [-0.1, -0.05) is 9.83 Å². The molecule has 1 aromatic rings. The molecule has 0 nitrogen and oxygen atoms in total. The fourth-order valence-electron chi connectivity index (χ4n) is 0.342. The van der Waals surface area contributed by atoms with E-state index in [0.717, 1.165) is 0 Å². The van der Waals surface area contributed by atoms with Gasteiger partial charge in [-0.3, -0.25) is 9.83 Å². The number of benzene rings is 1. The molecular weight excluding hydrogens is 259 g/mol. The third-order valence-electron chi connectivity index (χ3n) is 0.638. The molecule has 11 heavy (non-hydrogen) atoms. The molecule has 0 fully saturated rings. The van der Waals surface area contributed by atoms with E-state index < -0.39 is 0 Å². The molecule has 0 saturated heterocycles. The Morgan fingerprint density at radius 2 is 1.64 bits per heavy atom. The van der Waals surface area contributed by atoms with Gasteiger partial charge in [-0.05, 0) is 0 Å². The van der Waals surface area contributed by atoms with Crippen molar-refractivity contribution in [3.05, 3.63) is 36.4 Å². The maximum Gasteiger partial charge on any atom is 2.00 e. The number of hydrogen-bond donors (Lipinski definition) is 1. The predicted molar refractivity (Wildman–Crippen MR) is 56.8 cm³/mol. The monoisotopic (exact) mass is 265 g/mol. The first-order valence-electron chi connectivity index (χ1n) is 2.43. The van der Waals surface area contributed by atoms with Gasteiger partial charge >= 0.3 is 16.8 Å². The van der Waals surface area contributed by atoms with Gasteiger partial charge in [-0.2, -0.15) is 36.4 Å². The molecule has 0 aliphatic heterocycles. The molecular formula is C6H6CoS4. The summed E-state index contributed by atoms with van der Waals surface area (Å²) in [5.41, 5.74) is 0. The first-order valence-corrected chi connectivity index (χ1v) is 6.55. The van der Waals surface area contributed by atoms with Gasteiger partial charge in [0, 0.05) is 0 Å². The van der Waals surface area contributed by atoms with E-state index in [2.05, 4.69) is 29.4 Å². The van der Waals surface area contributed by atoms with Crippen molar-refractivity contribution >= 4 is 43.0 Å². The van der Waals surface area contributed by atoms with Crippen LogP contribution in [0.4, 0.5) is 0 Å². The summed E-state index contributed by atoms with van der Waals surface area (Å²) in [4.78, 5) is 0. The van der Waals surface area contributed by atoms with Crippen LogP contribution in [0.15, 0.2) is 30.3 Å². The predicted octanol–water partition coefficient (Wildman–Crippen LogP) is 3.16. The Morgan fingerprint density at radius 3 is 1.73 bits per heavy atom. The second-order valence-corrected chi connectivity index (χ2v) is 4.93. The Hall–Kier alpha value is 1.13. The normalized spacial score (nSPS) is 7.09. The van der Waals surface area contributed by atoms with Gasteiger partial charge in [-0.15, -0.1) is 11.7 Å². The quantitative estimate of drug-likeness (QED) is 0.359. The molecule has 0 unspecified atom stereocenters.